The van der Waals surface area contributed by atoms with Gasteiger partial charge in [0.15, 0.2) is 0 Å². The Morgan fingerprint density at radius 2 is 2.00 bits per heavy atom. The summed E-state index contributed by atoms with van der Waals surface area (Å²) in [6.45, 7) is 0. The normalized spacial score (nSPS) is 13.7. The maximum absolute atomic E-state index is 12.2. The van der Waals surface area contributed by atoms with Crippen LogP contribution in [0, 0.1) is 0 Å². The molecule has 2 aromatic heterocycles. The van der Waals surface area contributed by atoms with Crippen molar-refractivity contribution in [2.24, 2.45) is 0 Å². The molecular weight excluding hydrogens is 344 g/mol. The monoisotopic (exact) mass is 362 g/mol. The van der Waals surface area contributed by atoms with Gasteiger partial charge in [0.25, 0.3) is 0 Å². The minimum Gasteiger partial charge on any atom is -0.478 e. The lowest BCUT2D eigenvalue weighted by atomic mass is 10.1. The van der Waals surface area contributed by atoms with Crippen LogP contribution in [0.2, 0.25) is 0 Å². The molecule has 0 radical (unpaired) electrons. The molecule has 0 spiro atoms. The third-order valence-electron chi connectivity index (χ3n) is 4.68. The van der Waals surface area contributed by atoms with Crippen molar-refractivity contribution >= 4 is 28.6 Å². The molecule has 7 heteroatoms. The highest BCUT2D eigenvalue weighted by molar-refractivity contribution is 6.07. The topological polar surface area (TPSA) is 108 Å². The van der Waals surface area contributed by atoms with Crippen LogP contribution in [0.25, 0.3) is 22.3 Å². The van der Waals surface area contributed by atoms with Gasteiger partial charge in [-0.05, 0) is 37.8 Å². The first kappa shape index (κ1) is 17.0. The lowest BCUT2D eigenvalue weighted by Gasteiger charge is -2.07. The zero-order valence-electron chi connectivity index (χ0n) is 14.5. The van der Waals surface area contributed by atoms with Gasteiger partial charge in [0.1, 0.15) is 12.0 Å². The average molecular weight is 362 g/mol. The fraction of sp³-hybridized carbons (Fsp3) is 0.200. The molecule has 0 atom stereocenters. The Morgan fingerprint density at radius 3 is 2.78 bits per heavy atom. The maximum atomic E-state index is 12.2. The number of aromatic amines is 1. The van der Waals surface area contributed by atoms with Gasteiger partial charge in [-0.3, -0.25) is 4.79 Å². The summed E-state index contributed by atoms with van der Waals surface area (Å²) in [5.41, 5.74) is 3.59. The largest absolute Gasteiger partial charge is 0.478 e. The summed E-state index contributed by atoms with van der Waals surface area (Å²) < 4.78 is 0. The van der Waals surface area contributed by atoms with Crippen molar-refractivity contribution in [2.75, 3.05) is 5.32 Å². The van der Waals surface area contributed by atoms with E-state index in [1.54, 1.807) is 24.3 Å². The van der Waals surface area contributed by atoms with Crippen LogP contribution in [0.15, 0.2) is 48.4 Å². The average Bonchev–Trinajstić information content (AvgIpc) is 3.31. The Kier molecular flexibility index (Phi) is 4.42. The molecule has 1 aliphatic rings. The van der Waals surface area contributed by atoms with Crippen LogP contribution < -0.4 is 5.32 Å². The van der Waals surface area contributed by atoms with Crippen LogP contribution >= 0.6 is 0 Å². The molecule has 7 nitrogen and oxygen atoms in total. The van der Waals surface area contributed by atoms with E-state index in [9.17, 15) is 14.7 Å². The minimum absolute atomic E-state index is 0.112. The van der Waals surface area contributed by atoms with Gasteiger partial charge in [-0.15, -0.1) is 0 Å². The first-order valence-corrected chi connectivity index (χ1v) is 8.78. The number of fused-ring (bicyclic) bond motifs is 1. The van der Waals surface area contributed by atoms with E-state index in [2.05, 4.69) is 20.3 Å². The van der Waals surface area contributed by atoms with Gasteiger partial charge in [0.05, 0.1) is 16.6 Å². The molecular formula is C20H18N4O3. The second-order valence-corrected chi connectivity index (χ2v) is 6.53. The Labute approximate surface area is 155 Å². The molecule has 1 fully saturated rings. The third-order valence-corrected chi connectivity index (χ3v) is 4.68. The number of aromatic nitrogens is 3. The number of H-pyrrole nitrogens is 1. The lowest BCUT2D eigenvalue weighted by molar-refractivity contribution is -0.112. The molecule has 2 heterocycles. The number of benzene rings is 1. The number of allylic oxidation sites excluding steroid dienone is 1. The van der Waals surface area contributed by atoms with Crippen molar-refractivity contribution < 1.29 is 14.7 Å². The highest BCUT2D eigenvalue weighted by Gasteiger charge is 2.17. The number of aromatic carboxylic acids is 1. The standard InChI is InChI=1S/C20H18N4O3/c25-16(8-12-4-1-2-5-12)24-14-7-3-6-13(9-14)18-17-15(20(26)27)10-21-19(17)23-11-22-18/h3,6-11H,1-2,4-5H2,(H,24,25)(H,26,27)(H,21,22,23). The van der Waals surface area contributed by atoms with Gasteiger partial charge < -0.3 is 15.4 Å². The highest BCUT2D eigenvalue weighted by Crippen LogP contribution is 2.30. The summed E-state index contributed by atoms with van der Waals surface area (Å²) in [5, 5.41) is 12.7. The predicted molar refractivity (Wildman–Crippen MR) is 101 cm³/mol. The summed E-state index contributed by atoms with van der Waals surface area (Å²) >= 11 is 0. The van der Waals surface area contributed by atoms with Crippen molar-refractivity contribution in [3.05, 3.63) is 54.0 Å². The van der Waals surface area contributed by atoms with Gasteiger partial charge >= 0.3 is 5.97 Å². The van der Waals surface area contributed by atoms with Crippen molar-refractivity contribution in [1.29, 1.82) is 0 Å². The van der Waals surface area contributed by atoms with Crippen LogP contribution in [0.1, 0.15) is 36.0 Å². The molecule has 0 bridgehead atoms. The molecule has 136 valence electrons. The van der Waals surface area contributed by atoms with Crippen LogP contribution in [0.3, 0.4) is 0 Å². The zero-order chi connectivity index (χ0) is 18.8. The maximum Gasteiger partial charge on any atom is 0.338 e. The second kappa shape index (κ2) is 7.03. The number of hydrogen-bond donors (Lipinski definition) is 3. The summed E-state index contributed by atoms with van der Waals surface area (Å²) in [6.07, 6.45) is 8.72. The number of nitrogens with zero attached hydrogens (tertiary/aromatic N) is 2. The number of hydrogen-bond acceptors (Lipinski definition) is 4. The van der Waals surface area contributed by atoms with E-state index in [4.69, 9.17) is 0 Å². The van der Waals surface area contributed by atoms with Crippen molar-refractivity contribution in [3.8, 4) is 11.3 Å². The minimum atomic E-state index is -1.05. The van der Waals surface area contributed by atoms with Gasteiger partial charge in [-0.2, -0.15) is 0 Å². The van der Waals surface area contributed by atoms with Gasteiger partial charge in [-0.1, -0.05) is 17.7 Å². The van der Waals surface area contributed by atoms with E-state index < -0.39 is 5.97 Å². The molecule has 1 aliphatic carbocycles. The quantitative estimate of drug-likeness (QED) is 0.612. The van der Waals surface area contributed by atoms with Crippen LogP contribution in [0.5, 0.6) is 0 Å². The summed E-state index contributed by atoms with van der Waals surface area (Å²) in [4.78, 5) is 35.0. The van der Waals surface area contributed by atoms with Crippen LogP contribution in [-0.2, 0) is 4.79 Å². The number of carbonyl (C=O) groups is 2. The molecule has 0 aliphatic heterocycles. The number of carboxylic acids is 1. The van der Waals surface area contributed by atoms with E-state index in [0.717, 1.165) is 25.7 Å². The van der Waals surface area contributed by atoms with E-state index in [1.165, 1.54) is 18.1 Å². The lowest BCUT2D eigenvalue weighted by Crippen LogP contribution is -2.08. The van der Waals surface area contributed by atoms with Crippen LogP contribution in [0.4, 0.5) is 5.69 Å². The first-order valence-electron chi connectivity index (χ1n) is 8.78. The number of nitrogens with one attached hydrogen (secondary N) is 2. The Hall–Kier alpha value is -3.48. The highest BCUT2D eigenvalue weighted by atomic mass is 16.4. The molecule has 0 unspecified atom stereocenters. The van der Waals surface area contributed by atoms with E-state index in [-0.39, 0.29) is 11.5 Å². The molecule has 1 aromatic carbocycles. The van der Waals surface area contributed by atoms with Gasteiger partial charge in [0.2, 0.25) is 5.91 Å². The third kappa shape index (κ3) is 3.44. The van der Waals surface area contributed by atoms with Crippen molar-refractivity contribution in [3.63, 3.8) is 0 Å². The van der Waals surface area contributed by atoms with E-state index >= 15 is 0 Å². The van der Waals surface area contributed by atoms with E-state index in [0.29, 0.717) is 28.0 Å². The summed E-state index contributed by atoms with van der Waals surface area (Å²) in [6, 6.07) is 7.20. The summed E-state index contributed by atoms with van der Waals surface area (Å²) in [7, 11) is 0. The second-order valence-electron chi connectivity index (χ2n) is 6.53. The SMILES string of the molecule is O=C(C=C1CCCC1)Nc1cccc(-c2ncnc3[nH]cc(C(=O)O)c23)c1. The molecule has 3 N–H and O–H groups in total. The molecule has 4 rings (SSSR count). The molecule has 0 saturated heterocycles. The zero-order valence-corrected chi connectivity index (χ0v) is 14.5. The predicted octanol–water partition coefficient (Wildman–Crippen LogP) is 3.76. The molecule has 3 aromatic rings. The van der Waals surface area contributed by atoms with Gasteiger partial charge in [0, 0.05) is 23.5 Å². The van der Waals surface area contributed by atoms with Crippen molar-refractivity contribution in [1.82, 2.24) is 15.0 Å². The Morgan fingerprint density at radius 1 is 1.19 bits per heavy atom. The fourth-order valence-electron chi connectivity index (χ4n) is 3.43. The molecule has 1 saturated carbocycles. The number of carboxylic acid groups (broad SMARTS) is 1. The van der Waals surface area contributed by atoms with Crippen LogP contribution in [-0.4, -0.2) is 31.9 Å². The number of anilines is 1. The Balaban J connectivity index is 1.68. The Bertz CT molecular complexity index is 1060. The van der Waals surface area contributed by atoms with Crippen molar-refractivity contribution in [2.45, 2.75) is 25.7 Å². The number of rotatable bonds is 4. The van der Waals surface area contributed by atoms with E-state index in [1.807, 2.05) is 6.07 Å². The molecule has 1 amide bonds. The number of amides is 1. The molecule has 27 heavy (non-hydrogen) atoms. The first-order chi connectivity index (χ1) is 13.1. The summed E-state index contributed by atoms with van der Waals surface area (Å²) in [5.74, 6) is -1.20. The van der Waals surface area contributed by atoms with Gasteiger partial charge in [-0.25, -0.2) is 14.8 Å². The fourth-order valence-corrected chi connectivity index (χ4v) is 3.43. The number of carbonyl (C=O) groups excluding carboxylic acids is 1. The smallest absolute Gasteiger partial charge is 0.338 e.